The van der Waals surface area contributed by atoms with Gasteiger partial charge < -0.3 is 10.8 Å². The number of nitrogens with two attached hydrogens (primary N) is 1. The van der Waals surface area contributed by atoms with E-state index in [4.69, 9.17) is 5.73 Å². The average molecular weight is 181 g/mol. The van der Waals surface area contributed by atoms with Gasteiger partial charge in [-0.2, -0.15) is 0 Å². The molecular weight excluding hydrogens is 169 g/mol. The van der Waals surface area contributed by atoms with Gasteiger partial charge in [0.2, 0.25) is 0 Å². The summed E-state index contributed by atoms with van der Waals surface area (Å²) in [6, 6.07) is 2.77. The SMILES string of the molecule is Cc1cc(F)c(O)cc1C1(N)CC1. The lowest BCUT2D eigenvalue weighted by Gasteiger charge is -2.13. The molecule has 1 aromatic rings. The van der Waals surface area contributed by atoms with Crippen molar-refractivity contribution in [2.45, 2.75) is 25.3 Å². The van der Waals surface area contributed by atoms with Gasteiger partial charge in [0.05, 0.1) is 0 Å². The number of benzene rings is 1. The van der Waals surface area contributed by atoms with Crippen LogP contribution in [0.2, 0.25) is 0 Å². The summed E-state index contributed by atoms with van der Waals surface area (Å²) in [5.74, 6) is -0.886. The lowest BCUT2D eigenvalue weighted by Crippen LogP contribution is -2.20. The van der Waals surface area contributed by atoms with E-state index < -0.39 is 5.82 Å². The van der Waals surface area contributed by atoms with Gasteiger partial charge in [-0.15, -0.1) is 0 Å². The van der Waals surface area contributed by atoms with Crippen LogP contribution in [0, 0.1) is 12.7 Å². The average Bonchev–Trinajstić information content (AvgIpc) is 2.77. The molecule has 1 aromatic carbocycles. The smallest absolute Gasteiger partial charge is 0.165 e. The molecule has 3 N–H and O–H groups in total. The van der Waals surface area contributed by atoms with Crippen molar-refractivity contribution in [1.82, 2.24) is 0 Å². The van der Waals surface area contributed by atoms with Crippen LogP contribution in [-0.4, -0.2) is 5.11 Å². The summed E-state index contributed by atoms with van der Waals surface area (Å²) in [7, 11) is 0. The molecule has 0 aliphatic heterocycles. The van der Waals surface area contributed by atoms with Gasteiger partial charge in [0.1, 0.15) is 0 Å². The number of hydrogen-bond donors (Lipinski definition) is 2. The molecule has 0 saturated heterocycles. The lowest BCUT2D eigenvalue weighted by atomic mass is 9.99. The minimum atomic E-state index is -0.578. The Balaban J connectivity index is 2.52. The summed E-state index contributed by atoms with van der Waals surface area (Å²) in [6.07, 6.45) is 1.83. The normalized spacial score (nSPS) is 18.7. The van der Waals surface area contributed by atoms with E-state index in [1.54, 1.807) is 0 Å². The van der Waals surface area contributed by atoms with Crippen LogP contribution < -0.4 is 5.73 Å². The van der Waals surface area contributed by atoms with E-state index in [-0.39, 0.29) is 11.3 Å². The number of aromatic hydroxyl groups is 1. The lowest BCUT2D eigenvalue weighted by molar-refractivity contribution is 0.430. The van der Waals surface area contributed by atoms with Crippen LogP contribution in [0.5, 0.6) is 5.75 Å². The fraction of sp³-hybridized carbons (Fsp3) is 0.400. The number of aryl methyl sites for hydroxylation is 1. The second-order valence-electron chi connectivity index (χ2n) is 3.77. The van der Waals surface area contributed by atoms with Crippen molar-refractivity contribution in [3.63, 3.8) is 0 Å². The van der Waals surface area contributed by atoms with Gasteiger partial charge in [0.15, 0.2) is 11.6 Å². The highest BCUT2D eigenvalue weighted by Gasteiger charge is 2.41. The first-order chi connectivity index (χ1) is 6.03. The van der Waals surface area contributed by atoms with Crippen molar-refractivity contribution >= 4 is 0 Å². The van der Waals surface area contributed by atoms with Crippen LogP contribution in [0.3, 0.4) is 0 Å². The zero-order chi connectivity index (χ0) is 9.64. The van der Waals surface area contributed by atoms with Crippen molar-refractivity contribution < 1.29 is 9.50 Å². The molecular formula is C10H12FNO. The number of phenolic OH excluding ortho intramolecular Hbond substituents is 1. The van der Waals surface area contributed by atoms with Crippen molar-refractivity contribution in [1.29, 1.82) is 0 Å². The first-order valence-electron chi connectivity index (χ1n) is 4.31. The van der Waals surface area contributed by atoms with E-state index in [9.17, 15) is 9.50 Å². The van der Waals surface area contributed by atoms with E-state index in [1.807, 2.05) is 6.92 Å². The van der Waals surface area contributed by atoms with Gasteiger partial charge in [0.25, 0.3) is 0 Å². The first kappa shape index (κ1) is 8.51. The fourth-order valence-corrected chi connectivity index (χ4v) is 1.60. The minimum absolute atomic E-state index is 0.308. The molecule has 0 amide bonds. The molecule has 2 rings (SSSR count). The molecule has 0 atom stereocenters. The Labute approximate surface area is 76.2 Å². The zero-order valence-corrected chi connectivity index (χ0v) is 7.47. The highest BCUT2D eigenvalue weighted by molar-refractivity contribution is 5.42. The van der Waals surface area contributed by atoms with Crippen molar-refractivity contribution in [2.75, 3.05) is 0 Å². The minimum Gasteiger partial charge on any atom is -0.505 e. The van der Waals surface area contributed by atoms with Crippen LogP contribution >= 0.6 is 0 Å². The summed E-state index contributed by atoms with van der Waals surface area (Å²) >= 11 is 0. The van der Waals surface area contributed by atoms with E-state index in [0.717, 1.165) is 24.0 Å². The molecule has 0 unspecified atom stereocenters. The third kappa shape index (κ3) is 1.29. The summed E-state index contributed by atoms with van der Waals surface area (Å²) in [5, 5.41) is 9.19. The van der Waals surface area contributed by atoms with Gasteiger partial charge in [-0.25, -0.2) is 4.39 Å². The van der Waals surface area contributed by atoms with E-state index in [0.29, 0.717) is 0 Å². The highest BCUT2D eigenvalue weighted by Crippen LogP contribution is 2.45. The van der Waals surface area contributed by atoms with Crippen molar-refractivity contribution in [3.8, 4) is 5.75 Å². The predicted octanol–water partition coefficient (Wildman–Crippen LogP) is 1.79. The molecule has 1 aliphatic rings. The molecule has 0 aromatic heterocycles. The standard InChI is InChI=1S/C10H12FNO/c1-6-4-8(11)9(13)5-7(6)10(12)2-3-10/h4-5,13H,2-3,12H2,1H3. The fourth-order valence-electron chi connectivity index (χ4n) is 1.60. The Morgan fingerprint density at radius 2 is 2.08 bits per heavy atom. The molecule has 0 heterocycles. The summed E-state index contributed by atoms with van der Waals surface area (Å²) in [5.41, 5.74) is 7.33. The second-order valence-corrected chi connectivity index (χ2v) is 3.77. The van der Waals surface area contributed by atoms with Gasteiger partial charge in [-0.05, 0) is 43.0 Å². The van der Waals surface area contributed by atoms with Gasteiger partial charge in [-0.3, -0.25) is 0 Å². The quantitative estimate of drug-likeness (QED) is 0.693. The van der Waals surface area contributed by atoms with Gasteiger partial charge in [0, 0.05) is 5.54 Å². The largest absolute Gasteiger partial charge is 0.505 e. The molecule has 0 radical (unpaired) electrons. The van der Waals surface area contributed by atoms with Crippen LogP contribution in [0.4, 0.5) is 4.39 Å². The Morgan fingerprint density at radius 3 is 2.62 bits per heavy atom. The van der Waals surface area contributed by atoms with Crippen LogP contribution in [0.15, 0.2) is 12.1 Å². The first-order valence-corrected chi connectivity index (χ1v) is 4.31. The molecule has 1 fully saturated rings. The van der Waals surface area contributed by atoms with Crippen LogP contribution in [-0.2, 0) is 5.54 Å². The van der Waals surface area contributed by atoms with E-state index >= 15 is 0 Å². The van der Waals surface area contributed by atoms with E-state index in [1.165, 1.54) is 12.1 Å². The second kappa shape index (κ2) is 2.45. The maximum atomic E-state index is 12.9. The molecule has 1 aliphatic carbocycles. The Kier molecular flexibility index (Phi) is 1.60. The predicted molar refractivity (Wildman–Crippen MR) is 47.9 cm³/mol. The highest BCUT2D eigenvalue weighted by atomic mass is 19.1. The third-order valence-electron chi connectivity index (χ3n) is 2.62. The summed E-state index contributed by atoms with van der Waals surface area (Å²) < 4.78 is 12.9. The molecule has 70 valence electrons. The van der Waals surface area contributed by atoms with E-state index in [2.05, 4.69) is 0 Å². The molecule has 13 heavy (non-hydrogen) atoms. The topological polar surface area (TPSA) is 46.2 Å². The molecule has 3 heteroatoms. The maximum absolute atomic E-state index is 12.9. The van der Waals surface area contributed by atoms with Crippen LogP contribution in [0.25, 0.3) is 0 Å². The molecule has 0 spiro atoms. The number of rotatable bonds is 1. The molecule has 2 nitrogen and oxygen atoms in total. The van der Waals surface area contributed by atoms with Crippen molar-refractivity contribution in [2.24, 2.45) is 5.73 Å². The Bertz CT molecular complexity index is 358. The molecule has 1 saturated carbocycles. The number of halogens is 1. The Morgan fingerprint density at radius 1 is 1.46 bits per heavy atom. The number of hydrogen-bond acceptors (Lipinski definition) is 2. The monoisotopic (exact) mass is 181 g/mol. The zero-order valence-electron chi connectivity index (χ0n) is 7.47. The van der Waals surface area contributed by atoms with Gasteiger partial charge in [-0.1, -0.05) is 0 Å². The summed E-state index contributed by atoms with van der Waals surface area (Å²) in [4.78, 5) is 0. The van der Waals surface area contributed by atoms with Crippen LogP contribution in [0.1, 0.15) is 24.0 Å². The summed E-state index contributed by atoms with van der Waals surface area (Å²) in [6.45, 7) is 1.81. The van der Waals surface area contributed by atoms with Crippen molar-refractivity contribution in [3.05, 3.63) is 29.1 Å². The third-order valence-corrected chi connectivity index (χ3v) is 2.62. The maximum Gasteiger partial charge on any atom is 0.165 e. The van der Waals surface area contributed by atoms with Gasteiger partial charge >= 0.3 is 0 Å². The Hall–Kier alpha value is -1.09. The number of phenols is 1. The molecule has 0 bridgehead atoms.